The zero-order valence-electron chi connectivity index (χ0n) is 12.5. The van der Waals surface area contributed by atoms with Crippen molar-refractivity contribution < 1.29 is 9.59 Å². The third-order valence-corrected chi connectivity index (χ3v) is 5.48. The number of thioether (sulfide) groups is 1. The molecule has 2 aliphatic rings. The van der Waals surface area contributed by atoms with Gasteiger partial charge < -0.3 is 4.90 Å². The van der Waals surface area contributed by atoms with Crippen molar-refractivity contribution in [1.29, 1.82) is 0 Å². The van der Waals surface area contributed by atoms with Crippen molar-refractivity contribution in [2.75, 3.05) is 25.5 Å². The van der Waals surface area contributed by atoms with E-state index < -0.39 is 0 Å². The highest BCUT2D eigenvalue weighted by atomic mass is 32.2. The number of benzene rings is 1. The van der Waals surface area contributed by atoms with Gasteiger partial charge in [-0.2, -0.15) is 0 Å². The van der Waals surface area contributed by atoms with E-state index in [-0.39, 0.29) is 22.5 Å². The van der Waals surface area contributed by atoms with Crippen molar-refractivity contribution in [2.45, 2.75) is 11.8 Å². The maximum atomic E-state index is 12.6. The minimum Gasteiger partial charge on any atom is -0.334 e. The predicted octanol–water partition coefficient (Wildman–Crippen LogP) is 2.05. The topological polar surface area (TPSA) is 43.9 Å². The zero-order chi connectivity index (χ0) is 16.0. The summed E-state index contributed by atoms with van der Waals surface area (Å²) in [4.78, 5) is 30.9. The van der Waals surface area contributed by atoms with Crippen LogP contribution in [0.25, 0.3) is 0 Å². The minimum atomic E-state index is -0.346. The second-order valence-electron chi connectivity index (χ2n) is 5.01. The maximum Gasteiger partial charge on any atom is 0.268 e. The van der Waals surface area contributed by atoms with Crippen LogP contribution in [-0.4, -0.2) is 47.4 Å². The number of fused-ring (bicyclic) bond motifs is 1. The van der Waals surface area contributed by atoms with Gasteiger partial charge in [0.2, 0.25) is 0 Å². The molecule has 3 rings (SSSR count). The van der Waals surface area contributed by atoms with Gasteiger partial charge in [-0.05, 0) is 31.3 Å². The van der Waals surface area contributed by atoms with Gasteiger partial charge in [-0.1, -0.05) is 23.9 Å². The van der Waals surface area contributed by atoms with Crippen molar-refractivity contribution in [3.63, 3.8) is 0 Å². The first-order valence-corrected chi connectivity index (χ1v) is 8.08. The highest BCUT2D eigenvalue weighted by Gasteiger charge is 2.41. The molecular weight excluding hydrogens is 318 g/mol. The van der Waals surface area contributed by atoms with Crippen LogP contribution in [0.15, 0.2) is 39.8 Å². The SMILES string of the molecule is CCN1C(=C2C(=O)N(C)C(=S)N(C)C2=O)Sc2ccccc21. The van der Waals surface area contributed by atoms with Gasteiger partial charge in [0.25, 0.3) is 11.8 Å². The Labute approximate surface area is 138 Å². The fourth-order valence-electron chi connectivity index (χ4n) is 2.54. The van der Waals surface area contributed by atoms with Crippen molar-refractivity contribution in [1.82, 2.24) is 9.80 Å². The number of carbonyl (C=O) groups is 2. The standard InChI is InChI=1S/C15H15N3O2S2/c1-4-18-9-7-5-6-8-10(9)22-14(18)11-12(19)16(2)15(21)17(3)13(11)20/h5-8H,4H2,1-3H3. The lowest BCUT2D eigenvalue weighted by atomic mass is 10.1. The summed E-state index contributed by atoms with van der Waals surface area (Å²) in [6.45, 7) is 2.68. The van der Waals surface area contributed by atoms with E-state index in [1.54, 1.807) is 14.1 Å². The van der Waals surface area contributed by atoms with Gasteiger partial charge in [-0.3, -0.25) is 19.4 Å². The molecule has 1 aromatic carbocycles. The van der Waals surface area contributed by atoms with Crippen LogP contribution in [0, 0.1) is 0 Å². The number of thiocarbonyl (C=S) groups is 1. The van der Waals surface area contributed by atoms with E-state index in [4.69, 9.17) is 12.2 Å². The van der Waals surface area contributed by atoms with Crippen molar-refractivity contribution in [2.24, 2.45) is 0 Å². The van der Waals surface area contributed by atoms with E-state index in [0.29, 0.717) is 11.6 Å². The molecule has 0 aromatic heterocycles. The van der Waals surface area contributed by atoms with Crippen LogP contribution in [0.5, 0.6) is 0 Å². The van der Waals surface area contributed by atoms with Gasteiger partial charge in [0.15, 0.2) is 5.11 Å². The van der Waals surface area contributed by atoms with Crippen LogP contribution >= 0.6 is 24.0 Å². The van der Waals surface area contributed by atoms with E-state index >= 15 is 0 Å². The quantitative estimate of drug-likeness (QED) is 0.447. The lowest BCUT2D eigenvalue weighted by Crippen LogP contribution is -2.53. The predicted molar refractivity (Wildman–Crippen MR) is 90.5 cm³/mol. The van der Waals surface area contributed by atoms with Crippen LogP contribution in [-0.2, 0) is 9.59 Å². The second-order valence-corrected chi connectivity index (χ2v) is 6.40. The van der Waals surface area contributed by atoms with E-state index in [0.717, 1.165) is 10.6 Å². The Bertz CT molecular complexity index is 703. The maximum absolute atomic E-state index is 12.6. The number of para-hydroxylation sites is 1. The lowest BCUT2D eigenvalue weighted by molar-refractivity contribution is -0.132. The van der Waals surface area contributed by atoms with Crippen molar-refractivity contribution >= 4 is 46.6 Å². The van der Waals surface area contributed by atoms with Gasteiger partial charge in [0.05, 0.1) is 10.7 Å². The molecule has 2 heterocycles. The van der Waals surface area contributed by atoms with E-state index in [2.05, 4.69) is 0 Å². The molecule has 5 nitrogen and oxygen atoms in total. The van der Waals surface area contributed by atoms with Gasteiger partial charge in [0, 0.05) is 25.5 Å². The van der Waals surface area contributed by atoms with Crippen LogP contribution in [0.1, 0.15) is 6.92 Å². The molecule has 0 unspecified atom stereocenters. The van der Waals surface area contributed by atoms with Gasteiger partial charge in [0.1, 0.15) is 5.57 Å². The van der Waals surface area contributed by atoms with E-state index in [1.165, 1.54) is 21.6 Å². The summed E-state index contributed by atoms with van der Waals surface area (Å²) < 4.78 is 0. The molecule has 0 saturated carbocycles. The fraction of sp³-hybridized carbons (Fsp3) is 0.267. The van der Waals surface area contributed by atoms with Crippen LogP contribution in [0.4, 0.5) is 5.69 Å². The number of amides is 2. The summed E-state index contributed by atoms with van der Waals surface area (Å²) in [7, 11) is 3.19. The number of anilines is 1. The molecule has 1 saturated heterocycles. The van der Waals surface area contributed by atoms with Gasteiger partial charge in [-0.15, -0.1) is 0 Å². The molecule has 0 bridgehead atoms. The summed E-state index contributed by atoms with van der Waals surface area (Å²) in [5.41, 5.74) is 1.21. The Kier molecular flexibility index (Phi) is 3.70. The molecule has 0 radical (unpaired) electrons. The molecule has 0 spiro atoms. The van der Waals surface area contributed by atoms with Gasteiger partial charge in [-0.25, -0.2) is 0 Å². The first-order chi connectivity index (χ1) is 10.5. The molecule has 22 heavy (non-hydrogen) atoms. The smallest absolute Gasteiger partial charge is 0.268 e. The highest BCUT2D eigenvalue weighted by Crippen LogP contribution is 2.47. The summed E-state index contributed by atoms with van der Waals surface area (Å²) in [5.74, 6) is -0.691. The number of hydrogen-bond donors (Lipinski definition) is 0. The molecule has 0 N–H and O–H groups in total. The average molecular weight is 333 g/mol. The molecule has 2 aliphatic heterocycles. The second kappa shape index (κ2) is 5.40. The summed E-state index contributed by atoms with van der Waals surface area (Å²) >= 11 is 6.58. The Hall–Kier alpha value is -1.86. The molecule has 1 aromatic rings. The molecule has 1 fully saturated rings. The van der Waals surface area contributed by atoms with E-state index in [1.807, 2.05) is 36.1 Å². The number of nitrogens with zero attached hydrogens (tertiary/aromatic N) is 3. The fourth-order valence-corrected chi connectivity index (χ4v) is 3.96. The van der Waals surface area contributed by atoms with Crippen molar-refractivity contribution in [3.8, 4) is 0 Å². The molecule has 114 valence electrons. The Morgan fingerprint density at radius 1 is 1.09 bits per heavy atom. The summed E-state index contributed by atoms with van der Waals surface area (Å²) in [6, 6.07) is 7.89. The minimum absolute atomic E-state index is 0.182. The lowest BCUT2D eigenvalue weighted by Gasteiger charge is -2.33. The normalized spacial score (nSPS) is 18.5. The summed E-state index contributed by atoms with van der Waals surface area (Å²) in [5, 5.41) is 0.905. The Morgan fingerprint density at radius 3 is 2.27 bits per heavy atom. The summed E-state index contributed by atoms with van der Waals surface area (Å²) in [6.07, 6.45) is 0. The Morgan fingerprint density at radius 2 is 1.68 bits per heavy atom. The number of carbonyl (C=O) groups excluding carboxylic acids is 2. The van der Waals surface area contributed by atoms with Gasteiger partial charge >= 0.3 is 0 Å². The zero-order valence-corrected chi connectivity index (χ0v) is 14.1. The number of rotatable bonds is 1. The molecule has 7 heteroatoms. The monoisotopic (exact) mass is 333 g/mol. The van der Waals surface area contributed by atoms with Crippen molar-refractivity contribution in [3.05, 3.63) is 34.9 Å². The van der Waals surface area contributed by atoms with E-state index in [9.17, 15) is 9.59 Å². The molecule has 0 atom stereocenters. The number of likely N-dealkylation sites (N-methyl/N-ethyl adjacent to an activating group) is 2. The number of hydrogen-bond acceptors (Lipinski definition) is 5. The largest absolute Gasteiger partial charge is 0.334 e. The van der Waals surface area contributed by atoms with Crippen LogP contribution in [0.2, 0.25) is 0 Å². The Balaban J connectivity index is 2.15. The molecular formula is C15H15N3O2S2. The molecule has 0 aliphatic carbocycles. The highest BCUT2D eigenvalue weighted by molar-refractivity contribution is 8.03. The van der Waals surface area contributed by atoms with Crippen LogP contribution < -0.4 is 4.90 Å². The van der Waals surface area contributed by atoms with Crippen LogP contribution in [0.3, 0.4) is 0 Å². The third kappa shape index (κ3) is 2.04. The third-order valence-electron chi connectivity index (χ3n) is 3.75. The average Bonchev–Trinajstić information content (AvgIpc) is 2.89. The first-order valence-electron chi connectivity index (χ1n) is 6.86. The first kappa shape index (κ1) is 15.1. The molecule has 2 amide bonds.